The van der Waals surface area contributed by atoms with Gasteiger partial charge in [-0.3, -0.25) is 9.59 Å². The van der Waals surface area contributed by atoms with Crippen molar-refractivity contribution in [2.24, 2.45) is 5.92 Å². The minimum Gasteiger partial charge on any atom is -0.484 e. The summed E-state index contributed by atoms with van der Waals surface area (Å²) in [5.41, 5.74) is 1.27. The Morgan fingerprint density at radius 3 is 2.73 bits per heavy atom. The summed E-state index contributed by atoms with van der Waals surface area (Å²) in [6.45, 7) is 4.81. The van der Waals surface area contributed by atoms with Crippen molar-refractivity contribution >= 4 is 17.5 Å². The van der Waals surface area contributed by atoms with E-state index in [1.54, 1.807) is 26.0 Å². The van der Waals surface area contributed by atoms with E-state index in [4.69, 9.17) is 4.74 Å². The molecule has 1 unspecified atom stereocenters. The molecule has 3 aromatic rings. The van der Waals surface area contributed by atoms with Gasteiger partial charge in [-0.15, -0.1) is 0 Å². The van der Waals surface area contributed by atoms with Crippen molar-refractivity contribution in [3.05, 3.63) is 66.6 Å². The number of carbonyl (C=O) groups excluding carboxylic acids is 2. The molecule has 0 aliphatic carbocycles. The molecule has 0 bridgehead atoms. The Bertz CT molecular complexity index is 1090. The summed E-state index contributed by atoms with van der Waals surface area (Å²) in [7, 11) is 0. The van der Waals surface area contributed by atoms with E-state index in [0.717, 1.165) is 31.3 Å². The van der Waals surface area contributed by atoms with E-state index in [1.165, 1.54) is 5.56 Å². The number of carbonyl (C=O) groups is 2. The predicted octanol–water partition coefficient (Wildman–Crippen LogP) is 3.48. The van der Waals surface area contributed by atoms with E-state index in [1.807, 2.05) is 41.7 Å². The van der Waals surface area contributed by atoms with Gasteiger partial charge in [0.25, 0.3) is 5.91 Å². The number of nitrogens with one attached hydrogen (secondary N) is 1. The standard InChI is InChI=1S/C26H32N4O3/c1-26(2,28-23(31)19-33-22-10-4-3-5-11-22)25(32)30-15-6-8-20(12-16-30)18-21-9-7-14-29-17-13-27-24(21)29/h3-5,7,9-11,13-14,17,20H,6,8,12,15-16,18-19H2,1-2H3,(H,28,31). The Morgan fingerprint density at radius 2 is 1.91 bits per heavy atom. The van der Waals surface area contributed by atoms with Crippen molar-refractivity contribution in [1.29, 1.82) is 0 Å². The number of likely N-dealkylation sites (tertiary alicyclic amines) is 1. The highest BCUT2D eigenvalue weighted by molar-refractivity contribution is 5.91. The topological polar surface area (TPSA) is 75.9 Å². The molecule has 33 heavy (non-hydrogen) atoms. The van der Waals surface area contributed by atoms with Gasteiger partial charge in [0.2, 0.25) is 5.91 Å². The van der Waals surface area contributed by atoms with Crippen LogP contribution in [0.4, 0.5) is 0 Å². The normalized spacial score (nSPS) is 16.9. The number of fused-ring (bicyclic) bond motifs is 1. The van der Waals surface area contributed by atoms with Crippen LogP contribution in [0.25, 0.3) is 5.65 Å². The van der Waals surface area contributed by atoms with E-state index in [9.17, 15) is 9.59 Å². The summed E-state index contributed by atoms with van der Waals surface area (Å²) < 4.78 is 7.56. The number of amides is 2. The van der Waals surface area contributed by atoms with Crippen molar-refractivity contribution in [3.63, 3.8) is 0 Å². The van der Waals surface area contributed by atoms with Crippen molar-refractivity contribution in [2.45, 2.75) is 45.1 Å². The second-order valence-corrected chi connectivity index (χ2v) is 9.26. The molecule has 1 aliphatic heterocycles. The molecule has 7 heteroatoms. The van der Waals surface area contributed by atoms with E-state index in [-0.39, 0.29) is 18.4 Å². The average Bonchev–Trinajstić information content (AvgIpc) is 3.18. The number of hydrogen-bond donors (Lipinski definition) is 1. The Balaban J connectivity index is 1.30. The highest BCUT2D eigenvalue weighted by atomic mass is 16.5. The predicted molar refractivity (Wildman–Crippen MR) is 127 cm³/mol. The zero-order chi connectivity index (χ0) is 23.3. The Morgan fingerprint density at radius 1 is 1.09 bits per heavy atom. The highest BCUT2D eigenvalue weighted by Crippen LogP contribution is 2.25. The Labute approximate surface area is 194 Å². The van der Waals surface area contributed by atoms with Crippen LogP contribution in [0.5, 0.6) is 5.75 Å². The first-order valence-electron chi connectivity index (χ1n) is 11.6. The van der Waals surface area contributed by atoms with Crippen molar-refractivity contribution in [1.82, 2.24) is 19.6 Å². The molecule has 1 aliphatic rings. The summed E-state index contributed by atoms with van der Waals surface area (Å²) in [5.74, 6) is 0.772. The summed E-state index contributed by atoms with van der Waals surface area (Å²) in [5, 5.41) is 2.85. The maximum Gasteiger partial charge on any atom is 0.258 e. The fourth-order valence-electron chi connectivity index (χ4n) is 4.55. The molecule has 0 spiro atoms. The molecular formula is C26H32N4O3. The highest BCUT2D eigenvalue weighted by Gasteiger charge is 2.34. The first kappa shape index (κ1) is 22.8. The maximum atomic E-state index is 13.2. The fraction of sp³-hybridized carbons (Fsp3) is 0.423. The number of para-hydroxylation sites is 1. The van der Waals surface area contributed by atoms with E-state index in [0.29, 0.717) is 24.8 Å². The molecule has 2 amide bonds. The molecular weight excluding hydrogens is 416 g/mol. The molecule has 174 valence electrons. The molecule has 1 fully saturated rings. The third kappa shape index (κ3) is 5.72. The molecule has 7 nitrogen and oxygen atoms in total. The molecule has 0 saturated carbocycles. The SMILES string of the molecule is CC(C)(NC(=O)COc1ccccc1)C(=O)N1CCCC(Cc2cccn3ccnc23)CC1. The van der Waals surface area contributed by atoms with Gasteiger partial charge < -0.3 is 19.4 Å². The number of imidazole rings is 1. The summed E-state index contributed by atoms with van der Waals surface area (Å²) >= 11 is 0. The first-order chi connectivity index (χ1) is 15.9. The van der Waals surface area contributed by atoms with Gasteiger partial charge in [-0.1, -0.05) is 24.3 Å². The van der Waals surface area contributed by atoms with Crippen LogP contribution in [0.15, 0.2) is 61.1 Å². The maximum absolute atomic E-state index is 13.2. The molecule has 1 N–H and O–H groups in total. The van der Waals surface area contributed by atoms with Crippen LogP contribution in [-0.2, 0) is 16.0 Å². The Kier molecular flexibility index (Phi) is 6.96. The second kappa shape index (κ2) is 10.1. The number of benzene rings is 1. The van der Waals surface area contributed by atoms with Crippen molar-refractivity contribution in [2.75, 3.05) is 19.7 Å². The van der Waals surface area contributed by atoms with Gasteiger partial charge in [0, 0.05) is 31.7 Å². The van der Waals surface area contributed by atoms with Crippen LogP contribution in [0.2, 0.25) is 0 Å². The van der Waals surface area contributed by atoms with Crippen LogP contribution in [0, 0.1) is 5.92 Å². The lowest BCUT2D eigenvalue weighted by Gasteiger charge is -2.32. The van der Waals surface area contributed by atoms with Gasteiger partial charge in [0.15, 0.2) is 6.61 Å². The zero-order valence-electron chi connectivity index (χ0n) is 19.4. The van der Waals surface area contributed by atoms with E-state index in [2.05, 4.69) is 26.8 Å². The molecule has 2 aromatic heterocycles. The number of pyridine rings is 1. The largest absolute Gasteiger partial charge is 0.484 e. The summed E-state index contributed by atoms with van der Waals surface area (Å²) in [4.78, 5) is 32.0. The lowest BCUT2D eigenvalue weighted by molar-refractivity contribution is -0.140. The van der Waals surface area contributed by atoms with E-state index >= 15 is 0 Å². The smallest absolute Gasteiger partial charge is 0.258 e. The number of hydrogen-bond acceptors (Lipinski definition) is 4. The van der Waals surface area contributed by atoms with Crippen LogP contribution in [-0.4, -0.2) is 51.3 Å². The lowest BCUT2D eigenvalue weighted by atomic mass is 9.93. The molecule has 3 heterocycles. The molecule has 4 rings (SSSR count). The van der Waals surface area contributed by atoms with Gasteiger partial charge in [0.1, 0.15) is 16.9 Å². The number of rotatable bonds is 7. The van der Waals surface area contributed by atoms with Gasteiger partial charge in [-0.05, 0) is 69.2 Å². The number of ether oxygens (including phenoxy) is 1. The van der Waals surface area contributed by atoms with Crippen LogP contribution in [0.1, 0.15) is 38.7 Å². The van der Waals surface area contributed by atoms with Crippen LogP contribution in [0.3, 0.4) is 0 Å². The fourth-order valence-corrected chi connectivity index (χ4v) is 4.55. The Hall–Kier alpha value is -3.35. The number of aromatic nitrogens is 2. The first-order valence-corrected chi connectivity index (χ1v) is 11.6. The van der Waals surface area contributed by atoms with Gasteiger partial charge in [-0.2, -0.15) is 0 Å². The van der Waals surface area contributed by atoms with Crippen LogP contribution >= 0.6 is 0 Å². The minimum atomic E-state index is -0.988. The molecule has 1 aromatic carbocycles. The monoisotopic (exact) mass is 448 g/mol. The molecule has 1 atom stereocenters. The van der Waals surface area contributed by atoms with Gasteiger partial charge in [-0.25, -0.2) is 4.98 Å². The average molecular weight is 449 g/mol. The quantitative estimate of drug-likeness (QED) is 0.600. The van der Waals surface area contributed by atoms with E-state index < -0.39 is 5.54 Å². The molecule has 0 radical (unpaired) electrons. The van der Waals surface area contributed by atoms with Crippen LogP contribution < -0.4 is 10.1 Å². The second-order valence-electron chi connectivity index (χ2n) is 9.26. The zero-order valence-corrected chi connectivity index (χ0v) is 19.4. The minimum absolute atomic E-state index is 0.0495. The summed E-state index contributed by atoms with van der Waals surface area (Å²) in [6, 6.07) is 13.4. The van der Waals surface area contributed by atoms with Crippen molar-refractivity contribution < 1.29 is 14.3 Å². The molecule has 1 saturated heterocycles. The van der Waals surface area contributed by atoms with Gasteiger partial charge >= 0.3 is 0 Å². The number of nitrogens with zero attached hydrogens (tertiary/aromatic N) is 3. The van der Waals surface area contributed by atoms with Gasteiger partial charge in [0.05, 0.1) is 0 Å². The summed E-state index contributed by atoms with van der Waals surface area (Å²) in [6.07, 6.45) is 9.73. The third-order valence-corrected chi connectivity index (χ3v) is 6.24. The van der Waals surface area contributed by atoms with Crippen molar-refractivity contribution in [3.8, 4) is 5.75 Å². The third-order valence-electron chi connectivity index (χ3n) is 6.24. The lowest BCUT2D eigenvalue weighted by Crippen LogP contribution is -2.57.